The summed E-state index contributed by atoms with van der Waals surface area (Å²) in [6.07, 6.45) is 1.27. The molecule has 0 aromatic heterocycles. The Labute approximate surface area is 106 Å². The molecule has 1 fully saturated rings. The average Bonchev–Trinajstić information content (AvgIpc) is 2.29. The van der Waals surface area contributed by atoms with Crippen LogP contribution in [0.25, 0.3) is 0 Å². The zero-order valence-corrected chi connectivity index (χ0v) is 10.7. The van der Waals surface area contributed by atoms with E-state index in [1.807, 2.05) is 24.8 Å². The van der Waals surface area contributed by atoms with Crippen molar-refractivity contribution in [2.24, 2.45) is 0 Å². The molecule has 1 aliphatic heterocycles. The summed E-state index contributed by atoms with van der Waals surface area (Å²) >= 11 is 0. The van der Waals surface area contributed by atoms with Crippen molar-refractivity contribution in [2.75, 3.05) is 18.0 Å². The van der Waals surface area contributed by atoms with Crippen LogP contribution in [0.5, 0.6) is 0 Å². The van der Waals surface area contributed by atoms with Crippen molar-refractivity contribution in [1.29, 1.82) is 0 Å². The molecule has 1 N–H and O–H groups in total. The lowest BCUT2D eigenvalue weighted by Gasteiger charge is -2.37. The van der Waals surface area contributed by atoms with Crippen molar-refractivity contribution in [3.05, 3.63) is 33.9 Å². The quantitative estimate of drug-likeness (QED) is 0.645. The number of nitro benzene ring substituents is 1. The van der Waals surface area contributed by atoms with Crippen LogP contribution in [0.1, 0.15) is 25.3 Å². The van der Waals surface area contributed by atoms with Crippen LogP contribution in [0, 0.1) is 17.0 Å². The number of piperidine rings is 1. The van der Waals surface area contributed by atoms with Crippen LogP contribution in [0.3, 0.4) is 0 Å². The Bertz CT molecular complexity index is 461. The minimum atomic E-state index is -0.645. The fourth-order valence-electron chi connectivity index (χ4n) is 2.41. The number of hydrogen-bond acceptors (Lipinski definition) is 4. The van der Waals surface area contributed by atoms with E-state index in [1.54, 1.807) is 6.07 Å². The van der Waals surface area contributed by atoms with Crippen molar-refractivity contribution in [1.82, 2.24) is 0 Å². The minimum Gasteiger partial charge on any atom is -0.390 e. The molecule has 1 aromatic rings. The second-order valence-corrected chi connectivity index (χ2v) is 5.18. The molecule has 98 valence electrons. The molecule has 0 saturated carbocycles. The number of nitro groups is 1. The van der Waals surface area contributed by atoms with Gasteiger partial charge in [-0.25, -0.2) is 0 Å². The third-order valence-corrected chi connectivity index (χ3v) is 3.57. The number of benzene rings is 1. The molecule has 1 aromatic carbocycles. The van der Waals surface area contributed by atoms with Crippen molar-refractivity contribution >= 4 is 11.4 Å². The zero-order chi connectivity index (χ0) is 13.3. The van der Waals surface area contributed by atoms with E-state index >= 15 is 0 Å². The molecule has 0 spiro atoms. The summed E-state index contributed by atoms with van der Waals surface area (Å²) in [5.74, 6) is 0. The van der Waals surface area contributed by atoms with Gasteiger partial charge in [0.15, 0.2) is 0 Å². The number of nitrogens with zero attached hydrogens (tertiary/aromatic N) is 2. The van der Waals surface area contributed by atoms with E-state index < -0.39 is 5.60 Å². The molecule has 1 saturated heterocycles. The highest BCUT2D eigenvalue weighted by atomic mass is 16.6. The predicted octanol–water partition coefficient (Wildman–Crippen LogP) is 2.25. The van der Waals surface area contributed by atoms with Gasteiger partial charge in [-0.05, 0) is 32.3 Å². The number of hydrogen-bond donors (Lipinski definition) is 1. The Morgan fingerprint density at radius 3 is 2.56 bits per heavy atom. The van der Waals surface area contributed by atoms with Gasteiger partial charge in [-0.2, -0.15) is 0 Å². The standard InChI is InChI=1S/C13H18N2O3/c1-10-4-3-5-11(15(17)18)12(10)14-8-6-13(2,16)7-9-14/h3-5,16H,6-9H2,1-2H3. The molecule has 0 bridgehead atoms. The van der Waals surface area contributed by atoms with Gasteiger partial charge in [0.05, 0.1) is 10.5 Å². The summed E-state index contributed by atoms with van der Waals surface area (Å²) < 4.78 is 0. The second-order valence-electron chi connectivity index (χ2n) is 5.18. The molecule has 5 heteroatoms. The van der Waals surface area contributed by atoms with E-state index in [1.165, 1.54) is 6.07 Å². The fourth-order valence-corrected chi connectivity index (χ4v) is 2.41. The lowest BCUT2D eigenvalue weighted by molar-refractivity contribution is -0.384. The first-order chi connectivity index (χ1) is 8.41. The van der Waals surface area contributed by atoms with E-state index in [0.717, 1.165) is 5.56 Å². The summed E-state index contributed by atoms with van der Waals surface area (Å²) in [6, 6.07) is 5.13. The van der Waals surface area contributed by atoms with Gasteiger partial charge < -0.3 is 10.0 Å². The van der Waals surface area contributed by atoms with Crippen LogP contribution < -0.4 is 4.90 Å². The Hall–Kier alpha value is -1.62. The average molecular weight is 250 g/mol. The monoisotopic (exact) mass is 250 g/mol. The number of para-hydroxylation sites is 1. The van der Waals surface area contributed by atoms with E-state index in [-0.39, 0.29) is 10.6 Å². The summed E-state index contributed by atoms with van der Waals surface area (Å²) in [7, 11) is 0. The Balaban J connectivity index is 2.31. The maximum absolute atomic E-state index is 11.1. The number of rotatable bonds is 2. The van der Waals surface area contributed by atoms with Gasteiger partial charge in [0.25, 0.3) is 5.69 Å². The predicted molar refractivity (Wildman–Crippen MR) is 69.9 cm³/mol. The fraction of sp³-hybridized carbons (Fsp3) is 0.538. The summed E-state index contributed by atoms with van der Waals surface area (Å²) in [4.78, 5) is 12.7. The van der Waals surface area contributed by atoms with Crippen LogP contribution in [-0.2, 0) is 0 Å². The topological polar surface area (TPSA) is 66.6 Å². The summed E-state index contributed by atoms with van der Waals surface area (Å²) in [5, 5.41) is 21.0. The van der Waals surface area contributed by atoms with Gasteiger partial charge in [-0.3, -0.25) is 10.1 Å². The Morgan fingerprint density at radius 2 is 2.00 bits per heavy atom. The number of anilines is 1. The van der Waals surface area contributed by atoms with E-state index in [4.69, 9.17) is 0 Å². The summed E-state index contributed by atoms with van der Waals surface area (Å²) in [5.41, 5.74) is 1.11. The van der Waals surface area contributed by atoms with Crippen LogP contribution >= 0.6 is 0 Å². The van der Waals surface area contributed by atoms with Crippen LogP contribution in [0.2, 0.25) is 0 Å². The minimum absolute atomic E-state index is 0.150. The highest BCUT2D eigenvalue weighted by molar-refractivity contribution is 5.67. The molecule has 0 unspecified atom stereocenters. The first-order valence-electron chi connectivity index (χ1n) is 6.12. The smallest absolute Gasteiger partial charge is 0.292 e. The summed E-state index contributed by atoms with van der Waals surface area (Å²) in [6.45, 7) is 5.00. The van der Waals surface area contributed by atoms with Crippen LogP contribution in [0.15, 0.2) is 18.2 Å². The third kappa shape index (κ3) is 2.46. The largest absolute Gasteiger partial charge is 0.390 e. The molecular weight excluding hydrogens is 232 g/mol. The zero-order valence-electron chi connectivity index (χ0n) is 10.7. The molecule has 18 heavy (non-hydrogen) atoms. The molecule has 0 aliphatic carbocycles. The third-order valence-electron chi connectivity index (χ3n) is 3.57. The van der Waals surface area contributed by atoms with Gasteiger partial charge >= 0.3 is 0 Å². The molecule has 0 amide bonds. The molecule has 2 rings (SSSR count). The lowest BCUT2D eigenvalue weighted by Crippen LogP contribution is -2.42. The number of aliphatic hydroxyl groups is 1. The molecule has 0 atom stereocenters. The molecule has 5 nitrogen and oxygen atoms in total. The normalized spacial score (nSPS) is 18.7. The van der Waals surface area contributed by atoms with Crippen molar-refractivity contribution < 1.29 is 10.0 Å². The van der Waals surface area contributed by atoms with Crippen LogP contribution in [0.4, 0.5) is 11.4 Å². The molecule has 0 radical (unpaired) electrons. The maximum Gasteiger partial charge on any atom is 0.292 e. The highest BCUT2D eigenvalue weighted by Crippen LogP contribution is 2.34. The second kappa shape index (κ2) is 4.57. The van der Waals surface area contributed by atoms with Gasteiger partial charge in [0, 0.05) is 19.2 Å². The molecule has 1 heterocycles. The maximum atomic E-state index is 11.1. The van der Waals surface area contributed by atoms with E-state index in [2.05, 4.69) is 0 Å². The van der Waals surface area contributed by atoms with E-state index in [0.29, 0.717) is 31.6 Å². The lowest BCUT2D eigenvalue weighted by atomic mass is 9.93. The van der Waals surface area contributed by atoms with Crippen LogP contribution in [-0.4, -0.2) is 28.7 Å². The molecule has 1 aliphatic rings. The van der Waals surface area contributed by atoms with Crippen molar-refractivity contribution in [3.8, 4) is 0 Å². The van der Waals surface area contributed by atoms with Gasteiger partial charge in [-0.15, -0.1) is 0 Å². The van der Waals surface area contributed by atoms with Crippen molar-refractivity contribution in [2.45, 2.75) is 32.3 Å². The first kappa shape index (κ1) is 12.8. The first-order valence-corrected chi connectivity index (χ1v) is 6.12. The Morgan fingerprint density at radius 1 is 1.39 bits per heavy atom. The highest BCUT2D eigenvalue weighted by Gasteiger charge is 2.30. The van der Waals surface area contributed by atoms with Gasteiger partial charge in [0.1, 0.15) is 5.69 Å². The SMILES string of the molecule is Cc1cccc([N+](=O)[O-])c1N1CCC(C)(O)CC1. The van der Waals surface area contributed by atoms with Gasteiger partial charge in [0.2, 0.25) is 0 Å². The van der Waals surface area contributed by atoms with Crippen molar-refractivity contribution in [3.63, 3.8) is 0 Å². The Kier molecular flexibility index (Phi) is 3.26. The number of aryl methyl sites for hydroxylation is 1. The van der Waals surface area contributed by atoms with E-state index in [9.17, 15) is 15.2 Å². The van der Waals surface area contributed by atoms with Gasteiger partial charge in [-0.1, -0.05) is 12.1 Å². The molecular formula is C13H18N2O3.